The Balaban J connectivity index is 1.91. The van der Waals surface area contributed by atoms with Gasteiger partial charge in [0, 0.05) is 27.2 Å². The maximum Gasteiger partial charge on any atom is 0.272 e. The molecule has 2 aromatic carbocycles. The topological polar surface area (TPSA) is 85.4 Å². The van der Waals surface area contributed by atoms with E-state index in [1.54, 1.807) is 30.3 Å². The summed E-state index contributed by atoms with van der Waals surface area (Å²) in [6.45, 7) is 1.58. The van der Waals surface area contributed by atoms with E-state index in [2.05, 4.69) is 10.3 Å². The number of hydrogen-bond donors (Lipinski definition) is 4. The van der Waals surface area contributed by atoms with Crippen LogP contribution in [0.25, 0.3) is 10.9 Å². The van der Waals surface area contributed by atoms with Crippen LogP contribution in [0.1, 0.15) is 27.2 Å². The highest BCUT2D eigenvalue weighted by molar-refractivity contribution is 6.31. The number of benzene rings is 2. The van der Waals surface area contributed by atoms with Crippen LogP contribution in [0.15, 0.2) is 36.4 Å². The van der Waals surface area contributed by atoms with Crippen molar-refractivity contribution in [3.8, 4) is 0 Å². The maximum absolute atomic E-state index is 12.5. The quantitative estimate of drug-likeness (QED) is 0.585. The highest BCUT2D eigenvalue weighted by Crippen LogP contribution is 2.25. The molecule has 0 aliphatic carbocycles. The van der Waals surface area contributed by atoms with E-state index >= 15 is 0 Å². The van der Waals surface area contributed by atoms with Crippen molar-refractivity contribution in [3.63, 3.8) is 0 Å². The van der Waals surface area contributed by atoms with Gasteiger partial charge in [-0.3, -0.25) is 4.79 Å². The van der Waals surface area contributed by atoms with E-state index in [0.717, 1.165) is 16.5 Å². The summed E-state index contributed by atoms with van der Waals surface area (Å²) in [7, 11) is 0. The molecule has 124 valence electrons. The predicted octanol–water partition coefficient (Wildman–Crippen LogP) is 3.37. The number of carbonyl (C=O) groups excluding carboxylic acids is 1. The molecule has 0 aliphatic heterocycles. The standard InChI is InChI=1S/C18H17ClN2O3/c1-10-4-13(19)6-16-14(10)7-17(20-16)18(24)21-15-3-2-11(8-22)5-12(15)9-23/h2-7,20,22-23H,8-9H2,1H3,(H,21,24). The Morgan fingerprint density at radius 1 is 1.17 bits per heavy atom. The van der Waals surface area contributed by atoms with Gasteiger partial charge in [-0.1, -0.05) is 17.7 Å². The molecule has 3 aromatic rings. The first-order valence-electron chi connectivity index (χ1n) is 7.45. The molecule has 0 aliphatic rings. The Morgan fingerprint density at radius 2 is 1.96 bits per heavy atom. The molecule has 0 saturated heterocycles. The Kier molecular flexibility index (Phi) is 4.57. The second-order valence-corrected chi connectivity index (χ2v) is 6.07. The zero-order valence-electron chi connectivity index (χ0n) is 13.1. The number of rotatable bonds is 4. The van der Waals surface area contributed by atoms with E-state index < -0.39 is 0 Å². The third-order valence-corrected chi connectivity index (χ3v) is 4.14. The summed E-state index contributed by atoms with van der Waals surface area (Å²) in [6.07, 6.45) is 0. The van der Waals surface area contributed by atoms with Gasteiger partial charge >= 0.3 is 0 Å². The third-order valence-electron chi connectivity index (χ3n) is 3.93. The van der Waals surface area contributed by atoms with Gasteiger partial charge < -0.3 is 20.5 Å². The Morgan fingerprint density at radius 3 is 2.67 bits per heavy atom. The summed E-state index contributed by atoms with van der Waals surface area (Å²) in [4.78, 5) is 15.6. The molecule has 1 amide bonds. The first-order valence-corrected chi connectivity index (χ1v) is 7.83. The number of H-pyrrole nitrogens is 1. The summed E-state index contributed by atoms with van der Waals surface area (Å²) in [6, 6.07) is 10.4. The number of aliphatic hydroxyl groups excluding tert-OH is 2. The molecule has 0 atom stereocenters. The maximum atomic E-state index is 12.5. The van der Waals surface area contributed by atoms with Gasteiger partial charge in [0.05, 0.1) is 13.2 Å². The summed E-state index contributed by atoms with van der Waals surface area (Å²) < 4.78 is 0. The Labute approximate surface area is 143 Å². The lowest BCUT2D eigenvalue weighted by atomic mass is 10.1. The van der Waals surface area contributed by atoms with Gasteiger partial charge in [0.1, 0.15) is 5.69 Å². The lowest BCUT2D eigenvalue weighted by molar-refractivity contribution is 0.102. The average molecular weight is 345 g/mol. The third kappa shape index (κ3) is 3.14. The molecule has 5 nitrogen and oxygen atoms in total. The normalized spacial score (nSPS) is 11.0. The van der Waals surface area contributed by atoms with Gasteiger partial charge in [-0.2, -0.15) is 0 Å². The molecule has 0 unspecified atom stereocenters. The van der Waals surface area contributed by atoms with Crippen molar-refractivity contribution in [3.05, 3.63) is 63.8 Å². The number of amides is 1. The number of nitrogens with one attached hydrogen (secondary N) is 2. The average Bonchev–Trinajstić information content (AvgIpc) is 2.99. The molecule has 0 spiro atoms. The SMILES string of the molecule is Cc1cc(Cl)cc2[nH]c(C(=O)Nc3ccc(CO)cc3CO)cc12. The number of aromatic nitrogens is 1. The van der Waals surface area contributed by atoms with Crippen LogP contribution in [0, 0.1) is 6.92 Å². The van der Waals surface area contributed by atoms with Crippen LogP contribution in [0.3, 0.4) is 0 Å². The Hall–Kier alpha value is -2.34. The minimum atomic E-state index is -0.312. The van der Waals surface area contributed by atoms with Crippen molar-refractivity contribution in [1.82, 2.24) is 4.98 Å². The predicted molar refractivity (Wildman–Crippen MR) is 94.3 cm³/mol. The largest absolute Gasteiger partial charge is 0.392 e. The summed E-state index contributed by atoms with van der Waals surface area (Å²) in [5.74, 6) is -0.312. The van der Waals surface area contributed by atoms with Gasteiger partial charge in [0.2, 0.25) is 0 Å². The molecule has 24 heavy (non-hydrogen) atoms. The molecule has 0 radical (unpaired) electrons. The number of aryl methyl sites for hydroxylation is 1. The molecule has 1 heterocycles. The molecular formula is C18H17ClN2O3. The molecular weight excluding hydrogens is 328 g/mol. The van der Waals surface area contributed by atoms with E-state index in [9.17, 15) is 9.90 Å². The fraction of sp³-hybridized carbons (Fsp3) is 0.167. The highest BCUT2D eigenvalue weighted by Gasteiger charge is 2.13. The molecule has 4 N–H and O–H groups in total. The first kappa shape index (κ1) is 16.5. The first-order chi connectivity index (χ1) is 11.5. The number of anilines is 1. The van der Waals surface area contributed by atoms with Crippen molar-refractivity contribution in [2.24, 2.45) is 0 Å². The number of aliphatic hydroxyl groups is 2. The molecule has 0 saturated carbocycles. The number of carbonyl (C=O) groups is 1. The highest BCUT2D eigenvalue weighted by atomic mass is 35.5. The van der Waals surface area contributed by atoms with Crippen LogP contribution >= 0.6 is 11.6 Å². The number of fused-ring (bicyclic) bond motifs is 1. The van der Waals surface area contributed by atoms with Crippen LogP contribution in [0.2, 0.25) is 5.02 Å². The van der Waals surface area contributed by atoms with Crippen LogP contribution in [-0.4, -0.2) is 21.1 Å². The second kappa shape index (κ2) is 6.65. The molecule has 0 fully saturated rings. The minimum Gasteiger partial charge on any atom is -0.392 e. The van der Waals surface area contributed by atoms with Crippen molar-refractivity contribution in [2.45, 2.75) is 20.1 Å². The zero-order chi connectivity index (χ0) is 17.3. The minimum absolute atomic E-state index is 0.122. The van der Waals surface area contributed by atoms with E-state index in [0.29, 0.717) is 27.5 Å². The number of aromatic amines is 1. The summed E-state index contributed by atoms with van der Waals surface area (Å²) >= 11 is 6.04. The molecule has 0 bridgehead atoms. The van der Waals surface area contributed by atoms with E-state index in [1.807, 2.05) is 13.0 Å². The van der Waals surface area contributed by atoms with Crippen LogP contribution < -0.4 is 5.32 Å². The number of hydrogen-bond acceptors (Lipinski definition) is 3. The van der Waals surface area contributed by atoms with Crippen molar-refractivity contribution in [2.75, 3.05) is 5.32 Å². The van der Waals surface area contributed by atoms with Gasteiger partial charge in [-0.25, -0.2) is 0 Å². The summed E-state index contributed by atoms with van der Waals surface area (Å²) in [5.41, 5.74) is 3.91. The second-order valence-electron chi connectivity index (χ2n) is 5.63. The van der Waals surface area contributed by atoms with Gasteiger partial charge in [-0.05, 0) is 48.4 Å². The lowest BCUT2D eigenvalue weighted by Crippen LogP contribution is -2.14. The van der Waals surface area contributed by atoms with Crippen molar-refractivity contribution >= 4 is 34.1 Å². The van der Waals surface area contributed by atoms with Crippen LogP contribution in [-0.2, 0) is 13.2 Å². The van der Waals surface area contributed by atoms with E-state index in [4.69, 9.17) is 16.7 Å². The van der Waals surface area contributed by atoms with Crippen molar-refractivity contribution < 1.29 is 15.0 Å². The molecule has 6 heteroatoms. The van der Waals surface area contributed by atoms with Gasteiger partial charge in [0.25, 0.3) is 5.91 Å². The molecule has 1 aromatic heterocycles. The zero-order valence-corrected chi connectivity index (χ0v) is 13.8. The van der Waals surface area contributed by atoms with Gasteiger partial charge in [0.15, 0.2) is 0 Å². The lowest BCUT2D eigenvalue weighted by Gasteiger charge is -2.10. The Bertz CT molecular complexity index is 918. The number of halogens is 1. The van der Waals surface area contributed by atoms with Crippen LogP contribution in [0.4, 0.5) is 5.69 Å². The fourth-order valence-electron chi connectivity index (χ4n) is 2.68. The summed E-state index contributed by atoms with van der Waals surface area (Å²) in [5, 5.41) is 22.9. The fourth-order valence-corrected chi connectivity index (χ4v) is 2.96. The smallest absolute Gasteiger partial charge is 0.272 e. The monoisotopic (exact) mass is 344 g/mol. The van der Waals surface area contributed by atoms with Gasteiger partial charge in [-0.15, -0.1) is 0 Å². The van der Waals surface area contributed by atoms with Crippen molar-refractivity contribution in [1.29, 1.82) is 0 Å². The van der Waals surface area contributed by atoms with E-state index in [-0.39, 0.29) is 19.1 Å². The van der Waals surface area contributed by atoms with E-state index in [1.165, 1.54) is 0 Å². The van der Waals surface area contributed by atoms with Crippen LogP contribution in [0.5, 0.6) is 0 Å². The molecule has 3 rings (SSSR count).